The number of nitrogens with zero attached hydrogens (tertiary/aromatic N) is 1. The van der Waals surface area contributed by atoms with Gasteiger partial charge in [0.1, 0.15) is 4.32 Å². The standard InChI is InChI=1S/C18H15ClN2O2S3/c19-13-6-1-2-7-14(13)20-16(22)8-3-9-21-17(23)15(26-18(21)24)11-12-5-4-10-25-12/h1-2,4-7,10-11H,3,8-9H2,(H,20,22). The minimum absolute atomic E-state index is 0.0973. The fraction of sp³-hybridized carbons (Fsp3) is 0.167. The van der Waals surface area contributed by atoms with E-state index in [0.717, 1.165) is 4.88 Å². The van der Waals surface area contributed by atoms with Gasteiger partial charge in [0.15, 0.2) is 0 Å². The summed E-state index contributed by atoms with van der Waals surface area (Å²) in [5.41, 5.74) is 0.587. The minimum atomic E-state index is -0.141. The number of nitrogens with one attached hydrogen (secondary N) is 1. The van der Waals surface area contributed by atoms with Crippen LogP contribution in [-0.4, -0.2) is 27.6 Å². The largest absolute Gasteiger partial charge is 0.325 e. The maximum Gasteiger partial charge on any atom is 0.266 e. The highest BCUT2D eigenvalue weighted by atomic mass is 35.5. The van der Waals surface area contributed by atoms with Gasteiger partial charge in [-0.05, 0) is 36.1 Å². The van der Waals surface area contributed by atoms with Crippen LogP contribution in [0.3, 0.4) is 0 Å². The van der Waals surface area contributed by atoms with E-state index in [1.165, 1.54) is 11.8 Å². The van der Waals surface area contributed by atoms with E-state index in [4.69, 9.17) is 23.8 Å². The summed E-state index contributed by atoms with van der Waals surface area (Å²) < 4.78 is 0.532. The lowest BCUT2D eigenvalue weighted by Crippen LogP contribution is -2.29. The Morgan fingerprint density at radius 2 is 2.08 bits per heavy atom. The highest BCUT2D eigenvalue weighted by Gasteiger charge is 2.31. The van der Waals surface area contributed by atoms with Crippen LogP contribution in [-0.2, 0) is 9.59 Å². The third-order valence-corrected chi connectivity index (χ3v) is 6.15. The summed E-state index contributed by atoms with van der Waals surface area (Å²) in [5, 5.41) is 5.23. The summed E-state index contributed by atoms with van der Waals surface area (Å²) in [7, 11) is 0. The first kappa shape index (κ1) is 19.1. The normalized spacial score (nSPS) is 15.7. The fourth-order valence-corrected chi connectivity index (χ4v) is 4.58. The zero-order valence-electron chi connectivity index (χ0n) is 13.6. The predicted octanol–water partition coefficient (Wildman–Crippen LogP) is 5.02. The van der Waals surface area contributed by atoms with E-state index in [2.05, 4.69) is 5.32 Å². The summed E-state index contributed by atoms with van der Waals surface area (Å²) >= 11 is 14.2. The summed E-state index contributed by atoms with van der Waals surface area (Å²) in [6.45, 7) is 0.419. The molecule has 1 fully saturated rings. The third kappa shape index (κ3) is 4.73. The molecule has 3 rings (SSSR count). The second-order valence-electron chi connectivity index (χ2n) is 5.48. The maximum atomic E-state index is 12.5. The van der Waals surface area contributed by atoms with E-state index in [0.29, 0.717) is 32.9 Å². The van der Waals surface area contributed by atoms with E-state index in [-0.39, 0.29) is 18.2 Å². The lowest BCUT2D eigenvalue weighted by molar-refractivity contribution is -0.122. The van der Waals surface area contributed by atoms with Crippen LogP contribution in [0.1, 0.15) is 17.7 Å². The summed E-state index contributed by atoms with van der Waals surface area (Å²) in [6, 6.07) is 11.0. The lowest BCUT2D eigenvalue weighted by Gasteiger charge is -2.14. The van der Waals surface area contributed by atoms with Crippen LogP contribution < -0.4 is 5.32 Å². The van der Waals surface area contributed by atoms with Gasteiger partial charge < -0.3 is 5.32 Å². The van der Waals surface area contributed by atoms with Crippen molar-refractivity contribution in [3.05, 3.63) is 56.6 Å². The molecule has 0 aliphatic carbocycles. The molecule has 4 nitrogen and oxygen atoms in total. The van der Waals surface area contributed by atoms with E-state index in [1.807, 2.05) is 29.7 Å². The zero-order valence-corrected chi connectivity index (χ0v) is 16.8. The number of halogens is 1. The van der Waals surface area contributed by atoms with Gasteiger partial charge in [-0.1, -0.05) is 53.8 Å². The number of amides is 2. The van der Waals surface area contributed by atoms with Crippen molar-refractivity contribution in [3.63, 3.8) is 0 Å². The van der Waals surface area contributed by atoms with E-state index < -0.39 is 0 Å². The highest BCUT2D eigenvalue weighted by molar-refractivity contribution is 8.26. The monoisotopic (exact) mass is 422 g/mol. The molecular weight excluding hydrogens is 408 g/mol. The number of anilines is 1. The molecule has 1 aromatic carbocycles. The summed E-state index contributed by atoms with van der Waals surface area (Å²) in [5.74, 6) is -0.238. The molecule has 0 unspecified atom stereocenters. The molecule has 134 valence electrons. The number of thiophene rings is 1. The number of carbonyl (C=O) groups excluding carboxylic acids is 2. The van der Waals surface area contributed by atoms with E-state index in [1.54, 1.807) is 34.4 Å². The van der Waals surface area contributed by atoms with Gasteiger partial charge in [-0.3, -0.25) is 14.5 Å². The number of thiocarbonyl (C=S) groups is 1. The van der Waals surface area contributed by atoms with Crippen LogP contribution in [0.5, 0.6) is 0 Å². The van der Waals surface area contributed by atoms with Crippen molar-refractivity contribution in [1.82, 2.24) is 4.90 Å². The van der Waals surface area contributed by atoms with Crippen molar-refractivity contribution in [1.29, 1.82) is 0 Å². The molecule has 0 atom stereocenters. The molecule has 2 amide bonds. The SMILES string of the molecule is O=C(CCCN1C(=O)C(=Cc2cccs2)SC1=S)Nc1ccccc1Cl. The van der Waals surface area contributed by atoms with Gasteiger partial charge in [-0.25, -0.2) is 0 Å². The van der Waals surface area contributed by atoms with Crippen molar-refractivity contribution in [2.75, 3.05) is 11.9 Å². The van der Waals surface area contributed by atoms with Crippen LogP contribution in [0.15, 0.2) is 46.7 Å². The van der Waals surface area contributed by atoms with Crippen molar-refractivity contribution < 1.29 is 9.59 Å². The topological polar surface area (TPSA) is 49.4 Å². The molecule has 8 heteroatoms. The van der Waals surface area contributed by atoms with Gasteiger partial charge in [0, 0.05) is 17.8 Å². The quantitative estimate of drug-likeness (QED) is 0.524. The van der Waals surface area contributed by atoms with Crippen molar-refractivity contribution in [2.24, 2.45) is 0 Å². The first-order valence-electron chi connectivity index (χ1n) is 7.88. The fourth-order valence-electron chi connectivity index (χ4n) is 2.37. The van der Waals surface area contributed by atoms with Gasteiger partial charge in [0.05, 0.1) is 15.6 Å². The van der Waals surface area contributed by atoms with Gasteiger partial charge in [0.25, 0.3) is 5.91 Å². The smallest absolute Gasteiger partial charge is 0.266 e. The van der Waals surface area contributed by atoms with Gasteiger partial charge >= 0.3 is 0 Å². The second kappa shape index (κ2) is 8.81. The Morgan fingerprint density at radius 3 is 2.81 bits per heavy atom. The lowest BCUT2D eigenvalue weighted by atomic mass is 10.2. The number of thioether (sulfide) groups is 1. The summed E-state index contributed by atoms with van der Waals surface area (Å²) in [4.78, 5) is 27.7. The maximum absolute atomic E-state index is 12.5. The number of para-hydroxylation sites is 1. The Kier molecular flexibility index (Phi) is 6.48. The summed E-state index contributed by atoms with van der Waals surface area (Å²) in [6.07, 6.45) is 2.66. The number of hydrogen-bond donors (Lipinski definition) is 1. The Balaban J connectivity index is 1.52. The molecule has 2 aromatic rings. The number of hydrogen-bond acceptors (Lipinski definition) is 5. The zero-order chi connectivity index (χ0) is 18.5. The molecule has 0 bridgehead atoms. The van der Waals surface area contributed by atoms with Crippen molar-refractivity contribution in [3.8, 4) is 0 Å². The average molecular weight is 423 g/mol. The van der Waals surface area contributed by atoms with Crippen LogP contribution in [0.2, 0.25) is 5.02 Å². The molecule has 1 aliphatic rings. The van der Waals surface area contributed by atoms with Gasteiger partial charge in [-0.15, -0.1) is 11.3 Å². The molecular formula is C18H15ClN2O2S3. The number of carbonyl (C=O) groups is 2. The Labute approximate surface area is 170 Å². The molecule has 1 saturated heterocycles. The number of rotatable bonds is 6. The molecule has 1 aromatic heterocycles. The molecule has 0 saturated carbocycles. The van der Waals surface area contributed by atoms with Crippen LogP contribution in [0, 0.1) is 0 Å². The van der Waals surface area contributed by atoms with E-state index in [9.17, 15) is 9.59 Å². The van der Waals surface area contributed by atoms with Crippen LogP contribution in [0.25, 0.3) is 6.08 Å². The Hall–Kier alpha value is -1.67. The molecule has 2 heterocycles. The third-order valence-electron chi connectivity index (χ3n) is 3.62. The average Bonchev–Trinajstić information content (AvgIpc) is 3.21. The van der Waals surface area contributed by atoms with Crippen molar-refractivity contribution >= 4 is 74.8 Å². The molecule has 1 aliphatic heterocycles. The molecule has 1 N–H and O–H groups in total. The van der Waals surface area contributed by atoms with Gasteiger partial charge in [-0.2, -0.15) is 0 Å². The Morgan fingerprint density at radius 1 is 1.27 bits per heavy atom. The molecule has 26 heavy (non-hydrogen) atoms. The molecule has 0 spiro atoms. The van der Waals surface area contributed by atoms with Gasteiger partial charge in [0.2, 0.25) is 5.91 Å². The van der Waals surface area contributed by atoms with Crippen LogP contribution in [0.4, 0.5) is 5.69 Å². The second-order valence-corrected chi connectivity index (χ2v) is 8.54. The highest BCUT2D eigenvalue weighted by Crippen LogP contribution is 2.33. The molecule has 0 radical (unpaired) electrons. The number of benzene rings is 1. The van der Waals surface area contributed by atoms with Crippen LogP contribution >= 0.6 is 46.9 Å². The predicted molar refractivity (Wildman–Crippen MR) is 114 cm³/mol. The first-order chi connectivity index (χ1) is 12.5. The van der Waals surface area contributed by atoms with E-state index >= 15 is 0 Å². The minimum Gasteiger partial charge on any atom is -0.325 e. The first-order valence-corrected chi connectivity index (χ1v) is 10.4. The van der Waals surface area contributed by atoms with Crippen molar-refractivity contribution in [2.45, 2.75) is 12.8 Å². The Bertz CT molecular complexity index is 865.